The van der Waals surface area contributed by atoms with Gasteiger partial charge in [-0.15, -0.1) is 22.7 Å². The van der Waals surface area contributed by atoms with Crippen molar-refractivity contribution >= 4 is 34.3 Å². The molecule has 1 atom stereocenters. The third kappa shape index (κ3) is 3.68. The normalized spacial score (nSPS) is 12.5. The fourth-order valence-corrected chi connectivity index (χ4v) is 4.14. The number of halogens is 1. The first-order chi connectivity index (χ1) is 10.2. The Bertz CT molecular complexity index is 709. The van der Waals surface area contributed by atoms with E-state index >= 15 is 0 Å². The summed E-state index contributed by atoms with van der Waals surface area (Å²) in [6.45, 7) is 2.60. The van der Waals surface area contributed by atoms with Crippen molar-refractivity contribution < 1.29 is 0 Å². The molecule has 0 aliphatic rings. The maximum Gasteiger partial charge on any atom is 0.125 e. The number of nitrogens with zero attached hydrogens (tertiary/aromatic N) is 2. The lowest BCUT2D eigenvalue weighted by Crippen LogP contribution is -2.21. The third-order valence-corrected chi connectivity index (χ3v) is 5.26. The molecular formula is C15H14ClN3S2. The Morgan fingerprint density at radius 1 is 1.24 bits per heavy atom. The van der Waals surface area contributed by atoms with Gasteiger partial charge < -0.3 is 0 Å². The van der Waals surface area contributed by atoms with Crippen LogP contribution in [0.15, 0.2) is 41.9 Å². The molecule has 108 valence electrons. The second-order valence-electron chi connectivity index (χ2n) is 4.57. The molecule has 1 N–H and O–H groups in total. The molecule has 0 radical (unpaired) electrons. The average Bonchev–Trinajstić information content (AvgIpc) is 3.12. The summed E-state index contributed by atoms with van der Waals surface area (Å²) in [5.41, 5.74) is 0.992. The first-order valence-corrected chi connectivity index (χ1v) is 8.60. The summed E-state index contributed by atoms with van der Waals surface area (Å²) >= 11 is 9.43. The van der Waals surface area contributed by atoms with Gasteiger partial charge >= 0.3 is 0 Å². The van der Waals surface area contributed by atoms with Gasteiger partial charge in [-0.2, -0.15) is 0 Å². The van der Waals surface area contributed by atoms with Gasteiger partial charge in [-0.1, -0.05) is 17.7 Å². The molecule has 21 heavy (non-hydrogen) atoms. The molecule has 0 aliphatic carbocycles. The molecule has 0 bridgehead atoms. The van der Waals surface area contributed by atoms with Crippen molar-refractivity contribution in [2.75, 3.05) is 0 Å². The van der Waals surface area contributed by atoms with Gasteiger partial charge in [-0.25, -0.2) is 9.97 Å². The van der Waals surface area contributed by atoms with Gasteiger partial charge in [0, 0.05) is 22.5 Å². The molecular weight excluding hydrogens is 322 g/mol. The van der Waals surface area contributed by atoms with Gasteiger partial charge in [-0.05, 0) is 36.6 Å². The molecule has 0 aromatic carbocycles. The van der Waals surface area contributed by atoms with Crippen LogP contribution < -0.4 is 5.32 Å². The van der Waals surface area contributed by atoms with E-state index in [1.807, 2.05) is 19.1 Å². The summed E-state index contributed by atoms with van der Waals surface area (Å²) < 4.78 is 0.811. The van der Waals surface area contributed by atoms with Crippen LogP contribution in [0.4, 0.5) is 0 Å². The van der Waals surface area contributed by atoms with Gasteiger partial charge in [0.05, 0.1) is 16.1 Å². The number of nitrogens with one attached hydrogen (secondary N) is 1. The lowest BCUT2D eigenvalue weighted by molar-refractivity contribution is 0.610. The highest BCUT2D eigenvalue weighted by Gasteiger charge is 2.17. The highest BCUT2D eigenvalue weighted by molar-refractivity contribution is 7.16. The lowest BCUT2D eigenvalue weighted by atomic mass is 10.2. The predicted octanol–water partition coefficient (Wildman–Crippen LogP) is 4.44. The van der Waals surface area contributed by atoms with Gasteiger partial charge in [-0.3, -0.25) is 5.32 Å². The van der Waals surface area contributed by atoms with Gasteiger partial charge in [0.2, 0.25) is 0 Å². The molecule has 0 aliphatic heterocycles. The number of hydrogen-bond acceptors (Lipinski definition) is 5. The molecule has 6 heteroatoms. The molecule has 3 aromatic heterocycles. The quantitative estimate of drug-likeness (QED) is 0.749. The Morgan fingerprint density at radius 3 is 2.81 bits per heavy atom. The summed E-state index contributed by atoms with van der Waals surface area (Å²) in [4.78, 5) is 11.1. The molecule has 3 heterocycles. The second kappa shape index (κ2) is 6.66. The molecule has 1 unspecified atom stereocenters. The highest BCUT2D eigenvalue weighted by atomic mass is 35.5. The second-order valence-corrected chi connectivity index (χ2v) is 7.29. The SMILES string of the molecule is Cc1nccc(CNC(c2cccs2)c2ccc(Cl)s2)n1. The molecule has 0 saturated carbocycles. The van der Waals surface area contributed by atoms with Crippen LogP contribution in [0.1, 0.15) is 27.3 Å². The minimum atomic E-state index is 0.151. The highest BCUT2D eigenvalue weighted by Crippen LogP contribution is 2.33. The Morgan fingerprint density at radius 2 is 2.14 bits per heavy atom. The molecule has 0 saturated heterocycles. The van der Waals surface area contributed by atoms with Crippen LogP contribution in [0.2, 0.25) is 4.34 Å². The van der Waals surface area contributed by atoms with Crippen molar-refractivity contribution in [3.05, 3.63) is 67.5 Å². The molecule has 3 rings (SSSR count). The third-order valence-electron chi connectivity index (χ3n) is 3.03. The van der Waals surface area contributed by atoms with E-state index in [9.17, 15) is 0 Å². The molecule has 0 fully saturated rings. The van der Waals surface area contributed by atoms with Crippen LogP contribution in [0, 0.1) is 6.92 Å². The van der Waals surface area contributed by atoms with Crippen molar-refractivity contribution in [2.24, 2.45) is 0 Å². The number of aryl methyl sites for hydroxylation is 1. The van der Waals surface area contributed by atoms with E-state index in [-0.39, 0.29) is 6.04 Å². The van der Waals surface area contributed by atoms with E-state index in [0.717, 1.165) is 15.9 Å². The standard InChI is InChI=1S/C15H14ClN3S2/c1-10-17-7-6-11(19-10)9-18-15(12-3-2-8-20-12)13-4-5-14(16)21-13/h2-8,15,18H,9H2,1H3. The number of rotatable bonds is 5. The maximum absolute atomic E-state index is 6.08. The van der Waals surface area contributed by atoms with E-state index in [2.05, 4.69) is 38.9 Å². The van der Waals surface area contributed by atoms with Crippen LogP contribution in [0.5, 0.6) is 0 Å². The van der Waals surface area contributed by atoms with Crippen LogP contribution in [-0.4, -0.2) is 9.97 Å². The first kappa shape index (κ1) is 14.7. The zero-order chi connectivity index (χ0) is 14.7. The van der Waals surface area contributed by atoms with E-state index < -0.39 is 0 Å². The van der Waals surface area contributed by atoms with E-state index in [4.69, 9.17) is 11.6 Å². The van der Waals surface area contributed by atoms with Crippen LogP contribution >= 0.6 is 34.3 Å². The Kier molecular flexibility index (Phi) is 4.65. The molecule has 0 spiro atoms. The Balaban J connectivity index is 1.80. The summed E-state index contributed by atoms with van der Waals surface area (Å²) in [5, 5.41) is 5.66. The minimum Gasteiger partial charge on any atom is -0.299 e. The molecule has 0 amide bonds. The van der Waals surface area contributed by atoms with Gasteiger partial charge in [0.15, 0.2) is 0 Å². The molecule has 3 aromatic rings. The van der Waals surface area contributed by atoms with Gasteiger partial charge in [0.25, 0.3) is 0 Å². The summed E-state index contributed by atoms with van der Waals surface area (Å²) in [7, 11) is 0. The van der Waals surface area contributed by atoms with Crippen molar-refractivity contribution in [3.63, 3.8) is 0 Å². The lowest BCUT2D eigenvalue weighted by Gasteiger charge is -2.16. The molecule has 3 nitrogen and oxygen atoms in total. The number of hydrogen-bond donors (Lipinski definition) is 1. The topological polar surface area (TPSA) is 37.8 Å². The summed E-state index contributed by atoms with van der Waals surface area (Å²) in [6, 6.07) is 10.3. The maximum atomic E-state index is 6.08. The van der Waals surface area contributed by atoms with Crippen molar-refractivity contribution in [2.45, 2.75) is 19.5 Å². The first-order valence-electron chi connectivity index (χ1n) is 6.53. The van der Waals surface area contributed by atoms with Crippen LogP contribution in [0.3, 0.4) is 0 Å². The predicted molar refractivity (Wildman–Crippen MR) is 89.1 cm³/mol. The largest absolute Gasteiger partial charge is 0.299 e. The zero-order valence-electron chi connectivity index (χ0n) is 11.4. The van der Waals surface area contributed by atoms with Crippen molar-refractivity contribution in [3.8, 4) is 0 Å². The smallest absolute Gasteiger partial charge is 0.125 e. The monoisotopic (exact) mass is 335 g/mol. The summed E-state index contributed by atoms with van der Waals surface area (Å²) in [5.74, 6) is 0.793. The average molecular weight is 336 g/mol. The van der Waals surface area contributed by atoms with Gasteiger partial charge in [0.1, 0.15) is 5.82 Å². The van der Waals surface area contributed by atoms with E-state index in [1.165, 1.54) is 9.75 Å². The zero-order valence-corrected chi connectivity index (χ0v) is 13.8. The van der Waals surface area contributed by atoms with Crippen LogP contribution in [-0.2, 0) is 6.54 Å². The van der Waals surface area contributed by atoms with Crippen molar-refractivity contribution in [1.29, 1.82) is 0 Å². The summed E-state index contributed by atoms with van der Waals surface area (Å²) in [6.07, 6.45) is 1.79. The Labute approximate surface area is 136 Å². The van der Waals surface area contributed by atoms with Crippen molar-refractivity contribution in [1.82, 2.24) is 15.3 Å². The number of aromatic nitrogens is 2. The minimum absolute atomic E-state index is 0.151. The van der Waals surface area contributed by atoms with Crippen LogP contribution in [0.25, 0.3) is 0 Å². The number of thiophene rings is 2. The Hall–Kier alpha value is -1.27. The van der Waals surface area contributed by atoms with E-state index in [1.54, 1.807) is 28.9 Å². The van der Waals surface area contributed by atoms with E-state index in [0.29, 0.717) is 6.54 Å². The fourth-order valence-electron chi connectivity index (χ4n) is 2.09. The fraction of sp³-hybridized carbons (Fsp3) is 0.200.